The second kappa shape index (κ2) is 7.51. The van der Waals surface area contributed by atoms with Crippen LogP contribution in [0.15, 0.2) is 85.0 Å². The fourth-order valence-corrected chi connectivity index (χ4v) is 4.90. The van der Waals surface area contributed by atoms with E-state index in [0.29, 0.717) is 6.42 Å². The van der Waals surface area contributed by atoms with Crippen molar-refractivity contribution >= 4 is 7.60 Å². The molecule has 2 atom stereocenters. The van der Waals surface area contributed by atoms with Gasteiger partial charge in [-0.05, 0) is 17.5 Å². The maximum absolute atomic E-state index is 12.4. The Labute approximate surface area is 148 Å². The van der Waals surface area contributed by atoms with E-state index in [1.807, 2.05) is 60.7 Å². The van der Waals surface area contributed by atoms with Crippen molar-refractivity contribution < 1.29 is 14.1 Å². The summed E-state index contributed by atoms with van der Waals surface area (Å²) in [7, 11) is -3.91. The van der Waals surface area contributed by atoms with E-state index in [1.54, 1.807) is 0 Å². The number of hydrogen-bond donors (Lipinski definition) is 2. The molecule has 1 aliphatic rings. The first-order valence-electron chi connectivity index (χ1n) is 8.21. The summed E-state index contributed by atoms with van der Waals surface area (Å²) in [6, 6.07) is 20.1. The molecule has 0 fully saturated rings. The fraction of sp³-hybridized carbons (Fsp3) is 0.200. The predicted molar refractivity (Wildman–Crippen MR) is 100 cm³/mol. The second-order valence-electron chi connectivity index (χ2n) is 6.38. The molecule has 25 heavy (non-hydrogen) atoms. The maximum atomic E-state index is 12.4. The Morgan fingerprint density at radius 2 is 1.60 bits per heavy atom. The van der Waals surface area contributed by atoms with Crippen LogP contribution in [0.5, 0.6) is 0 Å². The molecule has 0 saturated heterocycles. The lowest BCUT2D eigenvalue weighted by molar-refractivity contribution is 0.248. The van der Waals surface area contributed by atoms with Crippen LogP contribution in [0.25, 0.3) is 0 Å². The minimum absolute atomic E-state index is 0.0498. The molecule has 1 unspecified atom stereocenters. The Morgan fingerprint density at radius 3 is 2.04 bits per heavy atom. The van der Waals surface area contributed by atoms with Gasteiger partial charge in [-0.1, -0.05) is 85.0 Å². The van der Waals surface area contributed by atoms with Gasteiger partial charge < -0.3 is 4.89 Å². The van der Waals surface area contributed by atoms with Gasteiger partial charge >= 0.3 is 7.60 Å². The van der Waals surface area contributed by atoms with Crippen molar-refractivity contribution in [1.29, 1.82) is 0 Å². The van der Waals surface area contributed by atoms with Crippen molar-refractivity contribution in [2.45, 2.75) is 12.3 Å². The van der Waals surface area contributed by atoms with Crippen LogP contribution in [0.2, 0.25) is 0 Å². The van der Waals surface area contributed by atoms with E-state index in [-0.39, 0.29) is 12.1 Å². The zero-order chi connectivity index (χ0) is 17.8. The van der Waals surface area contributed by atoms with Gasteiger partial charge in [0.15, 0.2) is 0 Å². The molecule has 0 aromatic heterocycles. The molecule has 2 aromatic carbocycles. The first kappa shape index (κ1) is 17.8. The lowest BCUT2D eigenvalue weighted by Gasteiger charge is -2.40. The minimum Gasteiger partial charge on any atom is -0.323 e. The van der Waals surface area contributed by atoms with Crippen molar-refractivity contribution in [2.24, 2.45) is 11.3 Å². The largest absolute Gasteiger partial charge is 0.345 e. The Kier molecular flexibility index (Phi) is 5.36. The Bertz CT molecular complexity index is 765. The molecule has 3 rings (SSSR count). The van der Waals surface area contributed by atoms with Gasteiger partial charge in [-0.25, -0.2) is 10.5 Å². The summed E-state index contributed by atoms with van der Waals surface area (Å²) in [4.78, 5) is 10.1. The molecule has 1 aliphatic carbocycles. The predicted octanol–water partition coefficient (Wildman–Crippen LogP) is 4.40. The van der Waals surface area contributed by atoms with E-state index in [2.05, 4.69) is 28.9 Å². The number of hydrogen-bond acceptors (Lipinski definition) is 3. The summed E-state index contributed by atoms with van der Waals surface area (Å²) in [6.07, 6.45) is 8.50. The van der Waals surface area contributed by atoms with E-state index in [1.165, 1.54) is 0 Å². The SMILES string of the molecule is NOP(=O)(O)C[C@]1(C(c2ccccc2)c2ccccc2)C=CC=CC1. The van der Waals surface area contributed by atoms with Crippen molar-refractivity contribution in [2.75, 3.05) is 6.16 Å². The molecular weight excluding hydrogens is 333 g/mol. The van der Waals surface area contributed by atoms with Crippen molar-refractivity contribution in [1.82, 2.24) is 0 Å². The summed E-state index contributed by atoms with van der Waals surface area (Å²) in [5.74, 6) is 5.01. The van der Waals surface area contributed by atoms with Gasteiger partial charge in [0.25, 0.3) is 0 Å². The molecule has 0 spiro atoms. The van der Waals surface area contributed by atoms with Gasteiger partial charge in [0.05, 0.1) is 6.16 Å². The molecule has 3 N–H and O–H groups in total. The van der Waals surface area contributed by atoms with E-state index >= 15 is 0 Å². The van der Waals surface area contributed by atoms with E-state index < -0.39 is 13.0 Å². The van der Waals surface area contributed by atoms with Crippen molar-refractivity contribution in [3.63, 3.8) is 0 Å². The third-order valence-electron chi connectivity index (χ3n) is 4.67. The molecule has 0 radical (unpaired) electrons. The third-order valence-corrected chi connectivity index (χ3v) is 5.99. The minimum atomic E-state index is -3.91. The molecule has 4 nitrogen and oxygen atoms in total. The number of nitrogens with two attached hydrogens (primary N) is 1. The fourth-order valence-electron chi connectivity index (χ4n) is 3.66. The topological polar surface area (TPSA) is 72.5 Å². The number of rotatable bonds is 6. The van der Waals surface area contributed by atoms with Crippen LogP contribution in [-0.4, -0.2) is 11.1 Å². The van der Waals surface area contributed by atoms with E-state index in [0.717, 1.165) is 11.1 Å². The monoisotopic (exact) mass is 355 g/mol. The quantitative estimate of drug-likeness (QED) is 0.595. The van der Waals surface area contributed by atoms with Crippen LogP contribution >= 0.6 is 7.60 Å². The standard InChI is InChI=1S/C20H22NO3P/c21-24-25(22,23)16-20(14-8-3-9-15-20)19(17-10-4-1-5-11-17)18-12-6-2-7-13-18/h1-14,19H,15-16,21H2,(H,22,23)/t20-/m0/s1. The van der Waals surface area contributed by atoms with Gasteiger partial charge in [-0.15, -0.1) is 0 Å². The van der Waals surface area contributed by atoms with E-state index in [9.17, 15) is 9.46 Å². The van der Waals surface area contributed by atoms with Crippen LogP contribution < -0.4 is 5.90 Å². The van der Waals surface area contributed by atoms with Gasteiger partial charge in [0, 0.05) is 11.3 Å². The zero-order valence-corrected chi connectivity index (χ0v) is 14.8. The van der Waals surface area contributed by atoms with Crippen LogP contribution in [0.3, 0.4) is 0 Å². The summed E-state index contributed by atoms with van der Waals surface area (Å²) in [6.45, 7) is 0. The molecule has 5 heteroatoms. The third kappa shape index (κ3) is 4.00. The Morgan fingerprint density at radius 1 is 1.04 bits per heavy atom. The molecule has 0 heterocycles. The van der Waals surface area contributed by atoms with Gasteiger partial charge in [0.2, 0.25) is 0 Å². The lowest BCUT2D eigenvalue weighted by Crippen LogP contribution is -2.33. The molecular formula is C20H22NO3P. The summed E-state index contributed by atoms with van der Waals surface area (Å²) >= 11 is 0. The smallest absolute Gasteiger partial charge is 0.323 e. The average Bonchev–Trinajstić information content (AvgIpc) is 2.64. The summed E-state index contributed by atoms with van der Waals surface area (Å²) < 4.78 is 16.8. The zero-order valence-electron chi connectivity index (χ0n) is 13.9. The highest BCUT2D eigenvalue weighted by Crippen LogP contribution is 2.55. The average molecular weight is 355 g/mol. The molecule has 0 amide bonds. The summed E-state index contributed by atoms with van der Waals surface area (Å²) in [5, 5.41) is 0. The molecule has 0 aliphatic heterocycles. The molecule has 0 bridgehead atoms. The van der Waals surface area contributed by atoms with Crippen molar-refractivity contribution in [3.8, 4) is 0 Å². The van der Waals surface area contributed by atoms with Gasteiger partial charge in [0.1, 0.15) is 0 Å². The Balaban J connectivity index is 2.16. The van der Waals surface area contributed by atoms with Crippen LogP contribution in [0.4, 0.5) is 0 Å². The van der Waals surface area contributed by atoms with Crippen LogP contribution in [-0.2, 0) is 9.19 Å². The van der Waals surface area contributed by atoms with Crippen molar-refractivity contribution in [3.05, 3.63) is 96.1 Å². The highest BCUT2D eigenvalue weighted by molar-refractivity contribution is 7.52. The Hall–Kier alpha value is -1.97. The maximum Gasteiger partial charge on any atom is 0.345 e. The highest BCUT2D eigenvalue weighted by Gasteiger charge is 2.44. The first-order chi connectivity index (χ1) is 12.1. The normalized spacial score (nSPS) is 22.0. The summed E-state index contributed by atoms with van der Waals surface area (Å²) in [5.41, 5.74) is 1.58. The van der Waals surface area contributed by atoms with Crippen LogP contribution in [0, 0.1) is 5.41 Å². The van der Waals surface area contributed by atoms with Crippen LogP contribution in [0.1, 0.15) is 23.5 Å². The second-order valence-corrected chi connectivity index (χ2v) is 8.18. The van der Waals surface area contributed by atoms with E-state index in [4.69, 9.17) is 5.90 Å². The lowest BCUT2D eigenvalue weighted by atomic mass is 9.67. The highest BCUT2D eigenvalue weighted by atomic mass is 31.2. The van der Waals surface area contributed by atoms with Gasteiger partial charge in [-0.2, -0.15) is 0 Å². The first-order valence-corrected chi connectivity index (χ1v) is 9.97. The molecule has 130 valence electrons. The molecule has 0 saturated carbocycles. The molecule has 2 aromatic rings. The number of benzene rings is 2. The van der Waals surface area contributed by atoms with Gasteiger partial charge in [-0.3, -0.25) is 4.57 Å². The number of allylic oxidation sites excluding steroid dienone is 4.